The Morgan fingerprint density at radius 1 is 0.520 bits per heavy atom. The van der Waals surface area contributed by atoms with Gasteiger partial charge in [-0.25, -0.2) is 12.8 Å². The molecule has 1 heterocycles. The van der Waals surface area contributed by atoms with Gasteiger partial charge in [0.25, 0.3) is 5.91 Å². The summed E-state index contributed by atoms with van der Waals surface area (Å²) in [4.78, 5) is 160. The SMILES string of the molecule is CC(C)c1ccc(S(=O)(=O)NC(CC(=O)O)C(=O)NC(CCC(=O)O)C(=O)NCC(=O)NC(Cc2cccc(F)c2)C(=O)NC(Cc2c[nH]c3ccccc23)C(=O)NC(CCC(=O)O)C(=O)NCCCCCC(=O)NC(CCCCNC(=O)c2ccc3ccccc3c2)C(N)=O)cc1. The van der Waals surface area contributed by atoms with Gasteiger partial charge in [0.2, 0.25) is 57.3 Å². The first-order valence-corrected chi connectivity index (χ1v) is 33.3. The first kappa shape index (κ1) is 76.4. The molecule has 0 aliphatic rings. The van der Waals surface area contributed by atoms with Crippen molar-refractivity contribution in [2.75, 3.05) is 19.6 Å². The van der Waals surface area contributed by atoms with Crippen molar-refractivity contribution in [3.63, 3.8) is 0 Å². The number of aromatic amines is 1. The molecule has 0 aliphatic heterocycles. The number of primary amides is 1. The lowest BCUT2D eigenvalue weighted by Gasteiger charge is -2.26. The van der Waals surface area contributed by atoms with E-state index in [1.54, 1.807) is 42.6 Å². The number of carbonyl (C=O) groups is 12. The van der Waals surface area contributed by atoms with E-state index in [1.807, 2.05) is 48.9 Å². The molecule has 0 spiro atoms. The van der Waals surface area contributed by atoms with E-state index in [4.69, 9.17) is 5.73 Å². The van der Waals surface area contributed by atoms with Crippen molar-refractivity contribution < 1.29 is 85.7 Å². The van der Waals surface area contributed by atoms with E-state index in [0.717, 1.165) is 28.5 Å². The summed E-state index contributed by atoms with van der Waals surface area (Å²) in [5.41, 5.74) is 8.17. The molecule has 15 N–H and O–H groups in total. The van der Waals surface area contributed by atoms with Gasteiger partial charge >= 0.3 is 17.9 Å². The molecular formula is C68H82FN11O17S. The molecule has 6 unspecified atom stereocenters. The van der Waals surface area contributed by atoms with Crippen LogP contribution in [0.15, 0.2) is 126 Å². The number of hydrogen-bond acceptors (Lipinski definition) is 14. The number of nitrogens with one attached hydrogen (secondary N) is 10. The fourth-order valence-electron chi connectivity index (χ4n) is 10.5. The number of rotatable bonds is 41. The normalized spacial score (nSPS) is 13.1. The van der Waals surface area contributed by atoms with E-state index >= 15 is 0 Å². The molecule has 0 radical (unpaired) electrons. The molecule has 6 aromatic rings. The van der Waals surface area contributed by atoms with E-state index in [0.29, 0.717) is 60.7 Å². The summed E-state index contributed by atoms with van der Waals surface area (Å²) in [6.45, 7) is 3.10. The maximum Gasteiger partial charge on any atom is 0.305 e. The average Bonchev–Trinajstić information content (AvgIpc) is 1.37. The number of unbranched alkanes of at least 4 members (excludes halogenated alkanes) is 3. The highest BCUT2D eigenvalue weighted by Crippen LogP contribution is 2.22. The van der Waals surface area contributed by atoms with Gasteiger partial charge in [0, 0.05) is 67.9 Å². The minimum atomic E-state index is -4.57. The van der Waals surface area contributed by atoms with Gasteiger partial charge in [0.15, 0.2) is 0 Å². The topological polar surface area (TPSA) is 450 Å². The summed E-state index contributed by atoms with van der Waals surface area (Å²) in [6.07, 6.45) is -0.388. The summed E-state index contributed by atoms with van der Waals surface area (Å²) >= 11 is 0. The van der Waals surface area contributed by atoms with Crippen LogP contribution in [0, 0.1) is 5.82 Å². The third kappa shape index (κ3) is 24.9. The zero-order chi connectivity index (χ0) is 71.5. The number of benzene rings is 5. The summed E-state index contributed by atoms with van der Waals surface area (Å²) in [5, 5.41) is 51.5. The molecule has 524 valence electrons. The second kappa shape index (κ2) is 37.6. The maximum atomic E-state index is 14.6. The van der Waals surface area contributed by atoms with Crippen LogP contribution in [-0.2, 0) is 75.6 Å². The Balaban J connectivity index is 1.07. The lowest BCUT2D eigenvalue weighted by molar-refractivity contribution is -0.140. The third-order valence-electron chi connectivity index (χ3n) is 15.8. The quantitative estimate of drug-likeness (QED) is 0.0245. The highest BCUT2D eigenvalue weighted by atomic mass is 32.2. The van der Waals surface area contributed by atoms with Crippen molar-refractivity contribution in [3.8, 4) is 0 Å². The van der Waals surface area contributed by atoms with Crippen molar-refractivity contribution >= 4 is 103 Å². The fourth-order valence-corrected chi connectivity index (χ4v) is 11.7. The van der Waals surface area contributed by atoms with Crippen LogP contribution in [0.3, 0.4) is 0 Å². The second-order valence-corrected chi connectivity index (χ2v) is 25.4. The standard InChI is InChI=1S/C68H82FN11O17S/c1-40(2)42-23-25-48(26-24-42)98(96,97)80-56(37-61(87)88)68(95)78-53(28-30-60(85)86)65(92)74-39-58(82)76-54(34-41-13-12-16-47(69)33-41)66(93)79-55(36-46-38-73-50-18-8-7-17-49(46)50)67(94)77-52(27-29-59(83)84)64(91)72-31-10-3-4-20-57(81)75-51(62(70)89)19-9-11-32-71-63(90)45-22-21-43-14-5-6-15-44(43)35-45/h5-8,12-18,21-26,33,35,38,40,51-56,73,80H,3-4,9-11,19-20,27-32,34,36-37,39H2,1-2H3,(H2,70,89)(H,71,90)(H,72,91)(H,74,92)(H,75,81)(H,76,82)(H,77,94)(H,78,95)(H,79,93)(H,83,84)(H,85,86)(H,87,88). The Bertz CT molecular complexity index is 3960. The van der Waals surface area contributed by atoms with E-state index in [9.17, 15) is 85.7 Å². The Labute approximate surface area is 564 Å². The first-order valence-electron chi connectivity index (χ1n) is 31.8. The first-order chi connectivity index (χ1) is 46.6. The summed E-state index contributed by atoms with van der Waals surface area (Å²) in [7, 11) is -4.57. The number of sulfonamides is 1. The van der Waals surface area contributed by atoms with E-state index in [-0.39, 0.29) is 48.1 Å². The number of fused-ring (bicyclic) bond motifs is 2. The van der Waals surface area contributed by atoms with Crippen LogP contribution >= 0.6 is 0 Å². The van der Waals surface area contributed by atoms with E-state index in [2.05, 4.69) is 47.5 Å². The molecule has 0 aliphatic carbocycles. The summed E-state index contributed by atoms with van der Waals surface area (Å²) < 4.78 is 43.4. The number of H-pyrrole nitrogens is 1. The zero-order valence-electron chi connectivity index (χ0n) is 54.0. The molecule has 28 nitrogen and oxygen atoms in total. The monoisotopic (exact) mass is 1380 g/mol. The number of halogens is 1. The average molecular weight is 1380 g/mol. The maximum absolute atomic E-state index is 14.6. The van der Waals surface area contributed by atoms with Crippen LogP contribution in [0.5, 0.6) is 0 Å². The van der Waals surface area contributed by atoms with Crippen LogP contribution < -0.4 is 53.0 Å². The van der Waals surface area contributed by atoms with Crippen molar-refractivity contribution in [1.82, 2.24) is 52.2 Å². The molecule has 9 amide bonds. The van der Waals surface area contributed by atoms with Crippen molar-refractivity contribution in [1.29, 1.82) is 0 Å². The second-order valence-electron chi connectivity index (χ2n) is 23.7. The molecule has 0 saturated heterocycles. The van der Waals surface area contributed by atoms with Crippen LogP contribution in [0.1, 0.15) is 124 Å². The van der Waals surface area contributed by atoms with Crippen molar-refractivity contribution in [3.05, 3.63) is 150 Å². The molecular weight excluding hydrogens is 1290 g/mol. The van der Waals surface area contributed by atoms with Gasteiger partial charge in [-0.1, -0.05) is 93.1 Å². The van der Waals surface area contributed by atoms with Crippen molar-refractivity contribution in [2.24, 2.45) is 5.73 Å². The fraction of sp³-hybridized carbons (Fsp3) is 0.382. The van der Waals surface area contributed by atoms with Gasteiger partial charge in [-0.3, -0.25) is 57.5 Å². The van der Waals surface area contributed by atoms with Crippen molar-refractivity contribution in [2.45, 2.75) is 151 Å². The minimum absolute atomic E-state index is 0.00709. The molecule has 30 heteroatoms. The van der Waals surface area contributed by atoms with Crippen LogP contribution in [0.25, 0.3) is 21.7 Å². The van der Waals surface area contributed by atoms with Gasteiger partial charge in [-0.2, -0.15) is 4.72 Å². The van der Waals surface area contributed by atoms with Gasteiger partial charge in [-0.15, -0.1) is 0 Å². The molecule has 6 atom stereocenters. The largest absolute Gasteiger partial charge is 0.481 e. The molecule has 0 saturated carbocycles. The molecule has 5 aromatic carbocycles. The Hall–Kier alpha value is -10.6. The molecule has 6 rings (SSSR count). The Morgan fingerprint density at radius 2 is 1.11 bits per heavy atom. The number of hydrogen-bond donors (Lipinski definition) is 14. The van der Waals surface area contributed by atoms with Crippen LogP contribution in [0.2, 0.25) is 0 Å². The van der Waals surface area contributed by atoms with Crippen LogP contribution in [-0.4, -0.2) is 156 Å². The number of carboxylic acids is 3. The molecule has 1 aromatic heterocycles. The number of aromatic nitrogens is 1. The molecule has 98 heavy (non-hydrogen) atoms. The lowest BCUT2D eigenvalue weighted by atomic mass is 10.0. The predicted molar refractivity (Wildman–Crippen MR) is 356 cm³/mol. The predicted octanol–water partition coefficient (Wildman–Crippen LogP) is 3.22. The van der Waals surface area contributed by atoms with Gasteiger partial charge < -0.3 is 68.6 Å². The molecule has 0 bridgehead atoms. The summed E-state index contributed by atoms with van der Waals surface area (Å²) in [5.74, 6) is -12.9. The minimum Gasteiger partial charge on any atom is -0.481 e. The highest BCUT2D eigenvalue weighted by molar-refractivity contribution is 7.89. The number of carbonyl (C=O) groups excluding carboxylic acids is 9. The van der Waals surface area contributed by atoms with Crippen LogP contribution in [0.4, 0.5) is 4.39 Å². The third-order valence-corrected chi connectivity index (χ3v) is 17.3. The Kier molecular flexibility index (Phi) is 29.3. The Morgan fingerprint density at radius 3 is 1.76 bits per heavy atom. The number of nitrogens with two attached hydrogens (primary N) is 1. The highest BCUT2D eigenvalue weighted by Gasteiger charge is 2.34. The number of para-hydroxylation sites is 1. The smallest absolute Gasteiger partial charge is 0.305 e. The zero-order valence-corrected chi connectivity index (χ0v) is 54.8. The number of carboxylic acid groups (broad SMARTS) is 3. The summed E-state index contributed by atoms with van der Waals surface area (Å²) in [6, 6.07) is 20.9. The van der Waals surface area contributed by atoms with E-state index in [1.165, 1.54) is 36.4 Å². The van der Waals surface area contributed by atoms with Gasteiger partial charge in [0.05, 0.1) is 17.9 Å². The number of amides is 9. The lowest BCUT2D eigenvalue weighted by Crippen LogP contribution is -2.58. The number of aliphatic carboxylic acids is 3. The van der Waals surface area contributed by atoms with E-state index < -0.39 is 162 Å². The van der Waals surface area contributed by atoms with Gasteiger partial charge in [0.1, 0.15) is 42.1 Å². The molecule has 0 fully saturated rings. The van der Waals surface area contributed by atoms with Gasteiger partial charge in [-0.05, 0) is 121 Å².